The van der Waals surface area contributed by atoms with Crippen LogP contribution in [-0.2, 0) is 13.1 Å². The van der Waals surface area contributed by atoms with Gasteiger partial charge in [-0.2, -0.15) is 0 Å². The van der Waals surface area contributed by atoms with E-state index in [0.717, 1.165) is 30.9 Å². The molecule has 0 aliphatic heterocycles. The van der Waals surface area contributed by atoms with E-state index in [2.05, 4.69) is 29.3 Å². The van der Waals surface area contributed by atoms with Gasteiger partial charge in [-0.1, -0.05) is 30.7 Å². The fraction of sp³-hybridized carbons (Fsp3) is 0.286. The van der Waals surface area contributed by atoms with Crippen molar-refractivity contribution in [2.45, 2.75) is 20.0 Å². The van der Waals surface area contributed by atoms with Crippen LogP contribution in [0.3, 0.4) is 0 Å². The van der Waals surface area contributed by atoms with Crippen LogP contribution in [0.5, 0.6) is 0 Å². The predicted octanol–water partition coefficient (Wildman–Crippen LogP) is 4.01. The summed E-state index contributed by atoms with van der Waals surface area (Å²) in [4.78, 5) is 3.75. The van der Waals surface area contributed by atoms with E-state index in [0.29, 0.717) is 5.02 Å². The topological polar surface area (TPSA) is 29.3 Å². The number of nitrogen functional groups attached to an aromatic ring is 1. The first-order valence-corrected chi connectivity index (χ1v) is 7.23. The molecule has 96 valence electrons. The van der Waals surface area contributed by atoms with Crippen molar-refractivity contribution in [1.29, 1.82) is 0 Å². The fourth-order valence-corrected chi connectivity index (χ4v) is 2.78. The van der Waals surface area contributed by atoms with Crippen molar-refractivity contribution in [2.75, 3.05) is 12.3 Å². The molecule has 2 nitrogen and oxygen atoms in total. The van der Waals surface area contributed by atoms with Crippen LogP contribution >= 0.6 is 22.9 Å². The monoisotopic (exact) mass is 280 g/mol. The summed E-state index contributed by atoms with van der Waals surface area (Å²) in [7, 11) is 0. The number of anilines is 1. The van der Waals surface area contributed by atoms with Crippen LogP contribution in [0.15, 0.2) is 35.7 Å². The smallest absolute Gasteiger partial charge is 0.0426 e. The predicted molar refractivity (Wildman–Crippen MR) is 80.0 cm³/mol. The highest BCUT2D eigenvalue weighted by Gasteiger charge is 2.08. The van der Waals surface area contributed by atoms with Crippen LogP contribution in [0.4, 0.5) is 5.69 Å². The highest BCUT2D eigenvalue weighted by atomic mass is 35.5. The molecule has 0 saturated carbocycles. The average molecular weight is 281 g/mol. The van der Waals surface area contributed by atoms with Crippen molar-refractivity contribution in [3.63, 3.8) is 0 Å². The van der Waals surface area contributed by atoms with E-state index < -0.39 is 0 Å². The summed E-state index contributed by atoms with van der Waals surface area (Å²) >= 11 is 7.70. The Morgan fingerprint density at radius 2 is 2.11 bits per heavy atom. The van der Waals surface area contributed by atoms with Crippen LogP contribution in [0.25, 0.3) is 0 Å². The van der Waals surface area contributed by atoms with Gasteiger partial charge in [0.05, 0.1) is 0 Å². The molecule has 2 aromatic rings. The standard InChI is InChI=1S/C14H17ClN2S/c1-2-17(10-13-4-3-7-18-13)9-11-5-6-12(15)8-14(11)16/h3-8H,2,9-10,16H2,1H3. The molecule has 0 fully saturated rings. The highest BCUT2D eigenvalue weighted by molar-refractivity contribution is 7.09. The van der Waals surface area contributed by atoms with Crippen LogP contribution in [-0.4, -0.2) is 11.4 Å². The zero-order valence-electron chi connectivity index (χ0n) is 10.4. The summed E-state index contributed by atoms with van der Waals surface area (Å²) in [6.07, 6.45) is 0. The number of hydrogen-bond donors (Lipinski definition) is 1. The molecule has 0 aliphatic carbocycles. The molecule has 1 aromatic carbocycles. The molecule has 18 heavy (non-hydrogen) atoms. The van der Waals surface area contributed by atoms with Crippen LogP contribution in [0.1, 0.15) is 17.4 Å². The van der Waals surface area contributed by atoms with Crippen molar-refractivity contribution in [3.8, 4) is 0 Å². The summed E-state index contributed by atoms with van der Waals surface area (Å²) in [5.74, 6) is 0. The Morgan fingerprint density at radius 3 is 2.72 bits per heavy atom. The van der Waals surface area contributed by atoms with Gasteiger partial charge in [0.15, 0.2) is 0 Å². The van der Waals surface area contributed by atoms with Gasteiger partial charge in [0.2, 0.25) is 0 Å². The van der Waals surface area contributed by atoms with Gasteiger partial charge in [-0.3, -0.25) is 4.90 Å². The first-order valence-electron chi connectivity index (χ1n) is 5.97. The molecule has 0 spiro atoms. The van der Waals surface area contributed by atoms with Crippen molar-refractivity contribution in [1.82, 2.24) is 4.90 Å². The third kappa shape index (κ3) is 3.48. The maximum atomic E-state index is 5.99. The Hall–Kier alpha value is -1.03. The zero-order chi connectivity index (χ0) is 13.0. The molecule has 2 rings (SSSR count). The maximum absolute atomic E-state index is 5.99. The minimum atomic E-state index is 0.692. The normalized spacial score (nSPS) is 11.1. The largest absolute Gasteiger partial charge is 0.398 e. The minimum Gasteiger partial charge on any atom is -0.398 e. The van der Waals surface area contributed by atoms with Crippen LogP contribution in [0, 0.1) is 0 Å². The summed E-state index contributed by atoms with van der Waals surface area (Å²) in [6.45, 7) is 4.99. The molecule has 0 bridgehead atoms. The SMILES string of the molecule is CCN(Cc1cccs1)Cc1ccc(Cl)cc1N. The number of nitrogens with zero attached hydrogens (tertiary/aromatic N) is 1. The van der Waals surface area contributed by atoms with E-state index >= 15 is 0 Å². The van der Waals surface area contributed by atoms with Gasteiger partial charge < -0.3 is 5.73 Å². The second kappa shape index (κ2) is 6.23. The Morgan fingerprint density at radius 1 is 1.28 bits per heavy atom. The Kier molecular flexibility index (Phi) is 4.64. The average Bonchev–Trinajstić information content (AvgIpc) is 2.84. The molecule has 0 radical (unpaired) electrons. The van der Waals surface area contributed by atoms with E-state index in [4.69, 9.17) is 17.3 Å². The molecule has 0 aliphatic rings. The van der Waals surface area contributed by atoms with Crippen LogP contribution < -0.4 is 5.73 Å². The third-order valence-corrected chi connectivity index (χ3v) is 4.00. The van der Waals surface area contributed by atoms with E-state index in [1.54, 1.807) is 11.3 Å². The van der Waals surface area contributed by atoms with Gasteiger partial charge in [0, 0.05) is 28.7 Å². The number of halogens is 1. The van der Waals surface area contributed by atoms with E-state index in [-0.39, 0.29) is 0 Å². The van der Waals surface area contributed by atoms with Gasteiger partial charge in [-0.25, -0.2) is 0 Å². The quantitative estimate of drug-likeness (QED) is 0.839. The fourth-order valence-electron chi connectivity index (χ4n) is 1.85. The minimum absolute atomic E-state index is 0.692. The molecule has 0 unspecified atom stereocenters. The van der Waals surface area contributed by atoms with Gasteiger partial charge in [0.25, 0.3) is 0 Å². The van der Waals surface area contributed by atoms with E-state index in [9.17, 15) is 0 Å². The van der Waals surface area contributed by atoms with Crippen LogP contribution in [0.2, 0.25) is 5.02 Å². The molecular weight excluding hydrogens is 264 g/mol. The highest BCUT2D eigenvalue weighted by Crippen LogP contribution is 2.21. The zero-order valence-corrected chi connectivity index (χ0v) is 12.0. The summed E-state index contributed by atoms with van der Waals surface area (Å²) in [5, 5.41) is 2.80. The molecule has 2 N–H and O–H groups in total. The Labute approximate surface area is 117 Å². The number of hydrogen-bond acceptors (Lipinski definition) is 3. The summed E-state index contributed by atoms with van der Waals surface area (Å²) in [5.41, 5.74) is 7.90. The molecule has 0 atom stereocenters. The first kappa shape index (κ1) is 13.4. The van der Waals surface area contributed by atoms with Gasteiger partial charge in [-0.15, -0.1) is 11.3 Å². The number of thiophene rings is 1. The number of rotatable bonds is 5. The first-order chi connectivity index (χ1) is 8.69. The van der Waals surface area contributed by atoms with Gasteiger partial charge in [0.1, 0.15) is 0 Å². The number of benzene rings is 1. The van der Waals surface area contributed by atoms with Crippen molar-refractivity contribution in [2.24, 2.45) is 0 Å². The maximum Gasteiger partial charge on any atom is 0.0426 e. The molecule has 0 amide bonds. The van der Waals surface area contributed by atoms with Crippen molar-refractivity contribution in [3.05, 3.63) is 51.2 Å². The van der Waals surface area contributed by atoms with E-state index in [1.165, 1.54) is 4.88 Å². The molecule has 1 heterocycles. The lowest BCUT2D eigenvalue weighted by Gasteiger charge is -2.20. The summed E-state index contributed by atoms with van der Waals surface area (Å²) < 4.78 is 0. The second-order valence-electron chi connectivity index (χ2n) is 4.23. The van der Waals surface area contributed by atoms with Crippen molar-refractivity contribution < 1.29 is 0 Å². The number of nitrogens with two attached hydrogens (primary N) is 1. The Bertz CT molecular complexity index is 497. The molecule has 4 heteroatoms. The van der Waals surface area contributed by atoms with Crippen molar-refractivity contribution >= 4 is 28.6 Å². The lowest BCUT2D eigenvalue weighted by Crippen LogP contribution is -2.22. The van der Waals surface area contributed by atoms with E-state index in [1.807, 2.05) is 18.2 Å². The molecule has 1 aromatic heterocycles. The summed E-state index contributed by atoms with van der Waals surface area (Å²) in [6, 6.07) is 9.97. The lowest BCUT2D eigenvalue weighted by molar-refractivity contribution is 0.274. The van der Waals surface area contributed by atoms with Gasteiger partial charge in [-0.05, 0) is 35.7 Å². The third-order valence-electron chi connectivity index (χ3n) is 2.91. The Balaban J connectivity index is 2.05. The molecular formula is C14H17ClN2S. The second-order valence-corrected chi connectivity index (χ2v) is 5.69. The lowest BCUT2D eigenvalue weighted by atomic mass is 10.1. The molecule has 0 saturated heterocycles. The van der Waals surface area contributed by atoms with Gasteiger partial charge >= 0.3 is 0 Å².